The number of carbonyl (C=O) groups is 2. The number of likely N-dealkylation sites (tertiary alicyclic amines) is 1. The molecule has 6 nitrogen and oxygen atoms in total. The molecule has 7 heteroatoms. The topological polar surface area (TPSA) is 84.7 Å². The van der Waals surface area contributed by atoms with Gasteiger partial charge in [0.15, 0.2) is 0 Å². The van der Waals surface area contributed by atoms with Gasteiger partial charge in [-0.2, -0.15) is 0 Å². The lowest BCUT2D eigenvalue weighted by Crippen LogP contribution is -2.44. The van der Waals surface area contributed by atoms with Crippen molar-refractivity contribution >= 4 is 35.6 Å². The number of halogens is 1. The van der Waals surface area contributed by atoms with Crippen molar-refractivity contribution in [1.29, 1.82) is 0 Å². The number of para-hydroxylation sites is 1. The van der Waals surface area contributed by atoms with Crippen LogP contribution in [-0.2, 0) is 9.59 Å². The van der Waals surface area contributed by atoms with Crippen molar-refractivity contribution < 1.29 is 14.3 Å². The van der Waals surface area contributed by atoms with Gasteiger partial charge in [-0.1, -0.05) is 24.3 Å². The normalized spacial score (nSPS) is 15.9. The van der Waals surface area contributed by atoms with Gasteiger partial charge in [-0.05, 0) is 49.6 Å². The molecule has 1 unspecified atom stereocenters. The molecule has 0 spiro atoms. The zero-order valence-corrected chi connectivity index (χ0v) is 17.4. The molecule has 1 aliphatic rings. The summed E-state index contributed by atoms with van der Waals surface area (Å²) in [6.45, 7) is 3.39. The van der Waals surface area contributed by atoms with Crippen molar-refractivity contribution in [2.24, 2.45) is 5.92 Å². The van der Waals surface area contributed by atoms with Crippen molar-refractivity contribution in [2.45, 2.75) is 26.2 Å². The number of nitrogens with one attached hydrogen (secondary N) is 1. The van der Waals surface area contributed by atoms with Crippen LogP contribution in [0, 0.1) is 12.8 Å². The number of anilines is 2. The highest BCUT2D eigenvalue weighted by Crippen LogP contribution is 2.22. The Morgan fingerprint density at radius 1 is 1.21 bits per heavy atom. The first-order valence-corrected chi connectivity index (χ1v) is 9.65. The van der Waals surface area contributed by atoms with Gasteiger partial charge in [0.1, 0.15) is 5.75 Å². The molecule has 1 heterocycles. The summed E-state index contributed by atoms with van der Waals surface area (Å²) >= 11 is 0. The first-order valence-electron chi connectivity index (χ1n) is 9.65. The number of amides is 2. The van der Waals surface area contributed by atoms with Crippen molar-refractivity contribution in [3.05, 3.63) is 54.1 Å². The van der Waals surface area contributed by atoms with Gasteiger partial charge < -0.3 is 20.7 Å². The van der Waals surface area contributed by atoms with E-state index >= 15 is 0 Å². The minimum atomic E-state index is -0.214. The van der Waals surface area contributed by atoms with Crippen molar-refractivity contribution in [1.82, 2.24) is 4.90 Å². The molecular formula is C22H28ClN3O3. The Kier molecular flexibility index (Phi) is 8.34. The third-order valence-corrected chi connectivity index (χ3v) is 4.99. The van der Waals surface area contributed by atoms with E-state index in [2.05, 4.69) is 5.32 Å². The van der Waals surface area contributed by atoms with Gasteiger partial charge in [-0.25, -0.2) is 0 Å². The predicted octanol–water partition coefficient (Wildman–Crippen LogP) is 3.65. The molecule has 3 N–H and O–H groups in total. The maximum absolute atomic E-state index is 12.7. The molecule has 1 aliphatic heterocycles. The largest absolute Gasteiger partial charge is 0.493 e. The fourth-order valence-corrected chi connectivity index (χ4v) is 3.36. The van der Waals surface area contributed by atoms with Crippen LogP contribution in [-0.4, -0.2) is 36.4 Å². The standard InChI is InChI=1S/C22H27N3O3.ClH/c1-16-9-10-18(23)14-20(16)24-22(27)17-6-5-12-25(15-17)21(26)11-13-28-19-7-3-2-4-8-19;/h2-4,7-10,14,17H,5-6,11-13,15,23H2,1H3,(H,24,27);1H. The Labute approximate surface area is 177 Å². The summed E-state index contributed by atoms with van der Waals surface area (Å²) < 4.78 is 5.61. The van der Waals surface area contributed by atoms with Crippen LogP contribution in [0.4, 0.5) is 11.4 Å². The molecule has 1 saturated heterocycles. The van der Waals surface area contributed by atoms with Gasteiger partial charge in [0.05, 0.1) is 18.9 Å². The summed E-state index contributed by atoms with van der Waals surface area (Å²) in [7, 11) is 0. The minimum absolute atomic E-state index is 0. The van der Waals surface area contributed by atoms with E-state index in [1.807, 2.05) is 49.4 Å². The average Bonchev–Trinajstić information content (AvgIpc) is 2.71. The van der Waals surface area contributed by atoms with E-state index in [1.54, 1.807) is 11.0 Å². The molecule has 0 aliphatic carbocycles. The number of hydrogen-bond donors (Lipinski definition) is 2. The third-order valence-electron chi connectivity index (χ3n) is 4.99. The Balaban J connectivity index is 0.00000300. The smallest absolute Gasteiger partial charge is 0.229 e. The highest BCUT2D eigenvalue weighted by Gasteiger charge is 2.28. The van der Waals surface area contributed by atoms with Gasteiger partial charge in [0.25, 0.3) is 0 Å². The summed E-state index contributed by atoms with van der Waals surface area (Å²) in [5.41, 5.74) is 8.12. The number of benzene rings is 2. The zero-order valence-electron chi connectivity index (χ0n) is 16.6. The fourth-order valence-electron chi connectivity index (χ4n) is 3.36. The highest BCUT2D eigenvalue weighted by molar-refractivity contribution is 5.94. The first kappa shape index (κ1) is 22.6. The van der Waals surface area contributed by atoms with Gasteiger partial charge in [-0.3, -0.25) is 9.59 Å². The number of carbonyl (C=O) groups excluding carboxylic acids is 2. The zero-order chi connectivity index (χ0) is 19.9. The lowest BCUT2D eigenvalue weighted by molar-refractivity contribution is -0.135. The second-order valence-corrected chi connectivity index (χ2v) is 7.15. The average molecular weight is 418 g/mol. The van der Waals surface area contributed by atoms with Crippen LogP contribution in [0.3, 0.4) is 0 Å². The second kappa shape index (κ2) is 10.7. The number of rotatable bonds is 6. The lowest BCUT2D eigenvalue weighted by Gasteiger charge is -2.32. The molecule has 2 aromatic rings. The fraction of sp³-hybridized carbons (Fsp3) is 0.364. The van der Waals surface area contributed by atoms with Crippen molar-refractivity contribution in [2.75, 3.05) is 30.7 Å². The van der Waals surface area contributed by atoms with E-state index in [0.717, 1.165) is 29.8 Å². The van der Waals surface area contributed by atoms with Gasteiger partial charge in [0, 0.05) is 24.5 Å². The Morgan fingerprint density at radius 2 is 1.97 bits per heavy atom. The van der Waals surface area contributed by atoms with Crippen LogP contribution >= 0.6 is 12.4 Å². The van der Waals surface area contributed by atoms with E-state index in [4.69, 9.17) is 10.5 Å². The van der Waals surface area contributed by atoms with Gasteiger partial charge in [-0.15, -0.1) is 12.4 Å². The Morgan fingerprint density at radius 3 is 2.72 bits per heavy atom. The summed E-state index contributed by atoms with van der Waals surface area (Å²) in [4.78, 5) is 27.0. The Bertz CT molecular complexity index is 829. The summed E-state index contributed by atoms with van der Waals surface area (Å²) in [5, 5.41) is 2.96. The van der Waals surface area contributed by atoms with Crippen LogP contribution in [0.5, 0.6) is 5.75 Å². The molecular weight excluding hydrogens is 390 g/mol. The molecule has 29 heavy (non-hydrogen) atoms. The van der Waals surface area contributed by atoms with Crippen LogP contribution in [0.2, 0.25) is 0 Å². The molecule has 0 saturated carbocycles. The molecule has 0 bridgehead atoms. The number of nitrogen functional groups attached to an aromatic ring is 1. The van der Waals surface area contributed by atoms with Crippen molar-refractivity contribution in [3.63, 3.8) is 0 Å². The second-order valence-electron chi connectivity index (χ2n) is 7.15. The van der Waals surface area contributed by atoms with Crippen LogP contribution in [0.15, 0.2) is 48.5 Å². The number of ether oxygens (including phenoxy) is 1. The monoisotopic (exact) mass is 417 g/mol. The van der Waals surface area contributed by atoms with Crippen LogP contribution in [0.25, 0.3) is 0 Å². The molecule has 1 atom stereocenters. The number of hydrogen-bond acceptors (Lipinski definition) is 4. The quantitative estimate of drug-likeness (QED) is 0.702. The number of nitrogens with two attached hydrogens (primary N) is 1. The lowest BCUT2D eigenvalue weighted by atomic mass is 9.96. The molecule has 156 valence electrons. The van der Waals surface area contributed by atoms with Crippen LogP contribution in [0.1, 0.15) is 24.8 Å². The molecule has 1 fully saturated rings. The maximum atomic E-state index is 12.7. The van der Waals surface area contributed by atoms with E-state index < -0.39 is 0 Å². The van der Waals surface area contributed by atoms with Gasteiger partial charge >= 0.3 is 0 Å². The number of piperidine rings is 1. The predicted molar refractivity (Wildman–Crippen MR) is 117 cm³/mol. The van der Waals surface area contributed by atoms with E-state index in [9.17, 15) is 9.59 Å². The molecule has 2 amide bonds. The summed E-state index contributed by atoms with van der Waals surface area (Å²) in [6, 6.07) is 14.9. The third kappa shape index (κ3) is 6.39. The highest BCUT2D eigenvalue weighted by atomic mass is 35.5. The number of aryl methyl sites for hydroxylation is 1. The van der Waals surface area contributed by atoms with E-state index in [-0.39, 0.29) is 30.1 Å². The Hall–Kier alpha value is -2.73. The van der Waals surface area contributed by atoms with E-state index in [1.165, 1.54) is 0 Å². The molecule has 2 aromatic carbocycles. The van der Waals surface area contributed by atoms with E-state index in [0.29, 0.717) is 31.8 Å². The van der Waals surface area contributed by atoms with Crippen molar-refractivity contribution in [3.8, 4) is 5.75 Å². The van der Waals surface area contributed by atoms with Gasteiger partial charge in [0.2, 0.25) is 11.8 Å². The molecule has 3 rings (SSSR count). The SMILES string of the molecule is Cc1ccc(N)cc1NC(=O)C1CCCN(C(=O)CCOc2ccccc2)C1.Cl. The molecule has 0 radical (unpaired) electrons. The summed E-state index contributed by atoms with van der Waals surface area (Å²) in [6.07, 6.45) is 1.90. The maximum Gasteiger partial charge on any atom is 0.229 e. The first-order chi connectivity index (χ1) is 13.5. The van der Waals surface area contributed by atoms with Crippen LogP contribution < -0.4 is 15.8 Å². The summed E-state index contributed by atoms with van der Waals surface area (Å²) in [5.74, 6) is 0.498. The number of nitrogens with zero attached hydrogens (tertiary/aromatic N) is 1. The molecule has 0 aromatic heterocycles. The minimum Gasteiger partial charge on any atom is -0.493 e.